The smallest absolute Gasteiger partial charge is 0.0719 e. The maximum atomic E-state index is 5.86. The molecule has 0 aliphatic rings. The molecular formula is C32H40O. The van der Waals surface area contributed by atoms with E-state index in [0.29, 0.717) is 0 Å². The molecule has 0 heterocycles. The summed E-state index contributed by atoms with van der Waals surface area (Å²) < 4.78 is 5.86. The van der Waals surface area contributed by atoms with E-state index in [9.17, 15) is 0 Å². The van der Waals surface area contributed by atoms with E-state index in [4.69, 9.17) is 4.74 Å². The molecule has 0 aliphatic heterocycles. The molecule has 0 aromatic heterocycles. The van der Waals surface area contributed by atoms with Crippen LogP contribution in [0.4, 0.5) is 0 Å². The Bertz CT molecular complexity index is 951. The van der Waals surface area contributed by atoms with Crippen LogP contribution in [0.3, 0.4) is 0 Å². The molecule has 1 nitrogen and oxygen atoms in total. The molecule has 0 fully saturated rings. The lowest BCUT2D eigenvalue weighted by atomic mass is 9.98. The first kappa shape index (κ1) is 25.0. The summed E-state index contributed by atoms with van der Waals surface area (Å²) >= 11 is 0. The van der Waals surface area contributed by atoms with Crippen molar-refractivity contribution in [2.75, 3.05) is 6.61 Å². The Hall–Kier alpha value is -2.64. The maximum absolute atomic E-state index is 5.86. The molecule has 0 N–H and O–H groups in total. The number of benzene rings is 3. The van der Waals surface area contributed by atoms with Gasteiger partial charge in [-0.05, 0) is 71.9 Å². The van der Waals surface area contributed by atoms with E-state index in [2.05, 4.69) is 98.8 Å². The summed E-state index contributed by atoms with van der Waals surface area (Å²) in [5.74, 6) is 0. The normalized spacial score (nSPS) is 11.3. The summed E-state index contributed by atoms with van der Waals surface area (Å²) in [6.07, 6.45) is 13.5. The van der Waals surface area contributed by atoms with Gasteiger partial charge in [0.1, 0.15) is 0 Å². The van der Waals surface area contributed by atoms with Crippen LogP contribution in [0.2, 0.25) is 0 Å². The van der Waals surface area contributed by atoms with Crippen molar-refractivity contribution in [2.24, 2.45) is 0 Å². The van der Waals surface area contributed by atoms with Crippen molar-refractivity contribution in [1.82, 2.24) is 0 Å². The zero-order valence-corrected chi connectivity index (χ0v) is 20.6. The fourth-order valence-corrected chi connectivity index (χ4v) is 3.99. The molecule has 0 bridgehead atoms. The van der Waals surface area contributed by atoms with Gasteiger partial charge in [0.2, 0.25) is 0 Å². The largest absolute Gasteiger partial charge is 0.377 e. The first-order valence-corrected chi connectivity index (χ1v) is 12.8. The van der Waals surface area contributed by atoms with Crippen LogP contribution in [0.15, 0.2) is 78.9 Å². The SMILES string of the molecule is CCC/C=C/c1ccc(CCc2ccc(CCc3ccccc3COCCCC)cc2)cc1. The van der Waals surface area contributed by atoms with Crippen molar-refractivity contribution in [2.45, 2.75) is 71.8 Å². The third-order valence-electron chi connectivity index (χ3n) is 6.17. The molecule has 3 rings (SSSR count). The van der Waals surface area contributed by atoms with Gasteiger partial charge in [0.25, 0.3) is 0 Å². The third-order valence-corrected chi connectivity index (χ3v) is 6.17. The Balaban J connectivity index is 1.46. The minimum Gasteiger partial charge on any atom is -0.377 e. The van der Waals surface area contributed by atoms with E-state index in [0.717, 1.165) is 51.7 Å². The molecule has 0 aliphatic carbocycles. The average Bonchev–Trinajstić information content (AvgIpc) is 2.86. The van der Waals surface area contributed by atoms with Crippen molar-refractivity contribution in [3.8, 4) is 0 Å². The highest BCUT2D eigenvalue weighted by Crippen LogP contribution is 2.16. The lowest BCUT2D eigenvalue weighted by molar-refractivity contribution is 0.117. The number of allylic oxidation sites excluding steroid dienone is 1. The number of hydrogen-bond donors (Lipinski definition) is 0. The Kier molecular flexibility index (Phi) is 11.0. The molecule has 174 valence electrons. The van der Waals surface area contributed by atoms with Gasteiger partial charge in [-0.2, -0.15) is 0 Å². The second-order valence-electron chi connectivity index (χ2n) is 8.92. The number of unbranched alkanes of at least 4 members (excludes halogenated alkanes) is 2. The van der Waals surface area contributed by atoms with Crippen LogP contribution in [0, 0.1) is 0 Å². The summed E-state index contributed by atoms with van der Waals surface area (Å²) in [4.78, 5) is 0. The van der Waals surface area contributed by atoms with E-state index in [-0.39, 0.29) is 0 Å². The zero-order valence-electron chi connectivity index (χ0n) is 20.6. The van der Waals surface area contributed by atoms with Crippen LogP contribution in [0.1, 0.15) is 72.9 Å². The highest BCUT2D eigenvalue weighted by molar-refractivity contribution is 5.49. The predicted octanol–water partition coefficient (Wildman–Crippen LogP) is 8.39. The molecule has 3 aromatic carbocycles. The summed E-state index contributed by atoms with van der Waals surface area (Å²) in [6, 6.07) is 26.9. The third kappa shape index (κ3) is 9.02. The van der Waals surface area contributed by atoms with Gasteiger partial charge in [-0.1, -0.05) is 112 Å². The van der Waals surface area contributed by atoms with E-state index in [1.807, 2.05) is 0 Å². The van der Waals surface area contributed by atoms with Crippen LogP contribution < -0.4 is 0 Å². The van der Waals surface area contributed by atoms with Crippen LogP contribution >= 0.6 is 0 Å². The topological polar surface area (TPSA) is 9.23 Å². The first-order valence-electron chi connectivity index (χ1n) is 12.8. The van der Waals surface area contributed by atoms with Gasteiger partial charge in [-0.25, -0.2) is 0 Å². The van der Waals surface area contributed by atoms with Gasteiger partial charge in [0, 0.05) is 6.61 Å². The van der Waals surface area contributed by atoms with Gasteiger partial charge < -0.3 is 4.74 Å². The van der Waals surface area contributed by atoms with E-state index in [1.165, 1.54) is 46.2 Å². The van der Waals surface area contributed by atoms with Crippen molar-refractivity contribution >= 4 is 6.08 Å². The Morgan fingerprint density at radius 3 is 1.82 bits per heavy atom. The molecule has 0 radical (unpaired) electrons. The number of hydrogen-bond acceptors (Lipinski definition) is 1. The summed E-state index contributed by atoms with van der Waals surface area (Å²) in [5.41, 5.74) is 8.26. The van der Waals surface area contributed by atoms with Gasteiger partial charge in [0.05, 0.1) is 6.61 Å². The molecule has 3 aromatic rings. The molecule has 0 spiro atoms. The number of rotatable bonds is 14. The van der Waals surface area contributed by atoms with Gasteiger partial charge in [0.15, 0.2) is 0 Å². The van der Waals surface area contributed by atoms with Crippen molar-refractivity contribution in [3.63, 3.8) is 0 Å². The second-order valence-corrected chi connectivity index (χ2v) is 8.92. The molecule has 0 saturated carbocycles. The van der Waals surface area contributed by atoms with Crippen molar-refractivity contribution < 1.29 is 4.74 Å². The van der Waals surface area contributed by atoms with Crippen LogP contribution in [0.25, 0.3) is 6.08 Å². The fourth-order valence-electron chi connectivity index (χ4n) is 3.99. The quantitative estimate of drug-likeness (QED) is 0.229. The monoisotopic (exact) mass is 440 g/mol. The highest BCUT2D eigenvalue weighted by atomic mass is 16.5. The molecule has 0 saturated heterocycles. The molecular weight excluding hydrogens is 400 g/mol. The zero-order chi connectivity index (χ0) is 23.1. The fraction of sp³-hybridized carbons (Fsp3) is 0.375. The Morgan fingerprint density at radius 1 is 0.636 bits per heavy atom. The summed E-state index contributed by atoms with van der Waals surface area (Å²) in [6.45, 7) is 6.00. The molecule has 0 atom stereocenters. The molecule has 33 heavy (non-hydrogen) atoms. The van der Waals surface area contributed by atoms with Crippen molar-refractivity contribution in [3.05, 3.63) is 112 Å². The van der Waals surface area contributed by atoms with Crippen LogP contribution in [-0.4, -0.2) is 6.61 Å². The summed E-state index contributed by atoms with van der Waals surface area (Å²) in [7, 11) is 0. The summed E-state index contributed by atoms with van der Waals surface area (Å²) in [5, 5.41) is 0. The van der Waals surface area contributed by atoms with Gasteiger partial charge >= 0.3 is 0 Å². The van der Waals surface area contributed by atoms with Crippen molar-refractivity contribution in [1.29, 1.82) is 0 Å². The molecule has 0 amide bonds. The molecule has 0 unspecified atom stereocenters. The van der Waals surface area contributed by atoms with E-state index >= 15 is 0 Å². The van der Waals surface area contributed by atoms with E-state index < -0.39 is 0 Å². The van der Waals surface area contributed by atoms with Crippen LogP contribution in [0.5, 0.6) is 0 Å². The minimum absolute atomic E-state index is 0.727. The lowest BCUT2D eigenvalue weighted by Gasteiger charge is -2.11. The number of aryl methyl sites for hydroxylation is 4. The highest BCUT2D eigenvalue weighted by Gasteiger charge is 2.04. The average molecular weight is 441 g/mol. The van der Waals surface area contributed by atoms with E-state index in [1.54, 1.807) is 0 Å². The first-order chi connectivity index (χ1) is 16.3. The Morgan fingerprint density at radius 2 is 1.21 bits per heavy atom. The Labute approximate surface area is 201 Å². The van der Waals surface area contributed by atoms with Gasteiger partial charge in [-0.15, -0.1) is 0 Å². The van der Waals surface area contributed by atoms with Gasteiger partial charge in [-0.3, -0.25) is 0 Å². The minimum atomic E-state index is 0.727. The predicted molar refractivity (Wildman–Crippen MR) is 143 cm³/mol. The maximum Gasteiger partial charge on any atom is 0.0719 e. The second kappa shape index (κ2) is 14.5. The van der Waals surface area contributed by atoms with Crippen LogP contribution in [-0.2, 0) is 37.0 Å². The lowest BCUT2D eigenvalue weighted by Crippen LogP contribution is -2.01. The molecule has 1 heteroatoms. The standard InChI is InChI=1S/C32H40O/c1-3-5-7-10-27-13-15-28(16-14-27)17-18-29-19-21-30(22-20-29)23-24-31-11-8-9-12-32(31)26-33-25-6-4-2/h7-16,19-22H,3-6,17-18,23-26H2,1-2H3/b10-7+. The number of ether oxygens (including phenoxy) is 1.